The topological polar surface area (TPSA) is 43.9 Å². The van der Waals surface area contributed by atoms with E-state index >= 15 is 0 Å². The predicted molar refractivity (Wildman–Crippen MR) is 142 cm³/mol. The highest BCUT2D eigenvalue weighted by atomic mass is 16.2. The first-order valence-electron chi connectivity index (χ1n) is 14.0. The Hall–Kier alpha value is -2.66. The van der Waals surface area contributed by atoms with Gasteiger partial charge < -0.3 is 9.80 Å². The van der Waals surface area contributed by atoms with Gasteiger partial charge in [-0.2, -0.15) is 0 Å². The zero-order valence-corrected chi connectivity index (χ0v) is 21.5. The van der Waals surface area contributed by atoms with Crippen molar-refractivity contribution in [2.75, 3.05) is 18.0 Å². The maximum absolute atomic E-state index is 14.1. The number of hydrogen-bond donors (Lipinski definition) is 0. The monoisotopic (exact) mass is 485 g/mol. The van der Waals surface area contributed by atoms with Gasteiger partial charge in [0.25, 0.3) is 0 Å². The van der Waals surface area contributed by atoms with E-state index in [1.54, 1.807) is 6.92 Å². The van der Waals surface area contributed by atoms with Crippen LogP contribution in [0.4, 0.5) is 5.69 Å². The lowest BCUT2D eigenvalue weighted by atomic mass is 10.0. The number of para-hydroxylation sites is 1. The first kappa shape index (κ1) is 23.7. The van der Waals surface area contributed by atoms with E-state index in [0.29, 0.717) is 36.4 Å². The Balaban J connectivity index is 1.34. The van der Waals surface area contributed by atoms with Crippen LogP contribution in [0.1, 0.15) is 63.0 Å². The van der Waals surface area contributed by atoms with E-state index in [4.69, 9.17) is 0 Å². The van der Waals surface area contributed by atoms with Gasteiger partial charge in [0.15, 0.2) is 0 Å². The molecule has 4 atom stereocenters. The lowest BCUT2D eigenvalue weighted by Crippen LogP contribution is -2.45. The first-order valence-corrected chi connectivity index (χ1v) is 14.0. The Morgan fingerprint density at radius 3 is 2.28 bits per heavy atom. The summed E-state index contributed by atoms with van der Waals surface area (Å²) in [5.41, 5.74) is 3.39. The molecule has 2 amide bonds. The number of benzene rings is 2. The molecule has 2 aliphatic heterocycles. The van der Waals surface area contributed by atoms with Crippen molar-refractivity contribution in [3.8, 4) is 0 Å². The van der Waals surface area contributed by atoms with Crippen LogP contribution in [0, 0.1) is 17.8 Å². The van der Waals surface area contributed by atoms with Crippen molar-refractivity contribution in [2.45, 2.75) is 77.0 Å². The molecule has 2 unspecified atom stereocenters. The minimum atomic E-state index is 0.0805. The van der Waals surface area contributed by atoms with E-state index in [1.807, 2.05) is 17.0 Å². The largest absolute Gasteiger partial charge is 0.336 e. The molecule has 2 bridgehead atoms. The van der Waals surface area contributed by atoms with Gasteiger partial charge in [-0.25, -0.2) is 0 Å². The maximum atomic E-state index is 14.1. The summed E-state index contributed by atoms with van der Waals surface area (Å²) >= 11 is 0. The summed E-state index contributed by atoms with van der Waals surface area (Å²) in [6, 6.07) is 19.7. The Labute approximate surface area is 215 Å². The number of amides is 2. The van der Waals surface area contributed by atoms with Gasteiger partial charge in [0.1, 0.15) is 0 Å². The molecule has 5 nitrogen and oxygen atoms in total. The minimum absolute atomic E-state index is 0.0805. The molecule has 3 fully saturated rings. The smallest absolute Gasteiger partial charge is 0.226 e. The summed E-state index contributed by atoms with van der Waals surface area (Å²) in [5, 5.41) is 0. The minimum Gasteiger partial charge on any atom is -0.336 e. The van der Waals surface area contributed by atoms with Gasteiger partial charge in [-0.1, -0.05) is 61.4 Å². The van der Waals surface area contributed by atoms with Gasteiger partial charge in [0, 0.05) is 56.8 Å². The molecule has 36 heavy (non-hydrogen) atoms. The SMILES string of the molecule is CC(=O)N1CC[C@@H]2CC[C@H](CN(C(=O)C3C4CCCCC43)Cc3ccccc31)N2Cc1ccccc1. The van der Waals surface area contributed by atoms with E-state index in [-0.39, 0.29) is 11.8 Å². The van der Waals surface area contributed by atoms with E-state index in [2.05, 4.69) is 52.3 Å². The Morgan fingerprint density at radius 1 is 0.833 bits per heavy atom. The summed E-state index contributed by atoms with van der Waals surface area (Å²) in [5.74, 6) is 1.86. The molecule has 2 aromatic rings. The van der Waals surface area contributed by atoms with Crippen LogP contribution >= 0.6 is 0 Å². The normalized spacial score (nSPS) is 30.2. The molecule has 2 saturated carbocycles. The highest BCUT2D eigenvalue weighted by Crippen LogP contribution is 2.56. The van der Waals surface area contributed by atoms with Crippen molar-refractivity contribution in [2.24, 2.45) is 17.8 Å². The molecule has 6 rings (SSSR count). The fraction of sp³-hybridized carbons (Fsp3) is 0.548. The van der Waals surface area contributed by atoms with E-state index in [9.17, 15) is 9.59 Å². The number of anilines is 1. The molecule has 0 N–H and O–H groups in total. The Morgan fingerprint density at radius 2 is 1.53 bits per heavy atom. The lowest BCUT2D eigenvalue weighted by Gasteiger charge is -2.34. The number of fused-ring (bicyclic) bond motifs is 4. The van der Waals surface area contributed by atoms with Gasteiger partial charge >= 0.3 is 0 Å². The molecule has 0 spiro atoms. The van der Waals surface area contributed by atoms with Gasteiger partial charge in [0.2, 0.25) is 11.8 Å². The van der Waals surface area contributed by atoms with Gasteiger partial charge in [0.05, 0.1) is 0 Å². The van der Waals surface area contributed by atoms with Crippen molar-refractivity contribution < 1.29 is 9.59 Å². The van der Waals surface area contributed by atoms with Crippen molar-refractivity contribution in [1.29, 1.82) is 0 Å². The fourth-order valence-electron chi connectivity index (χ4n) is 7.47. The van der Waals surface area contributed by atoms with Crippen molar-refractivity contribution in [3.63, 3.8) is 0 Å². The quantitative estimate of drug-likeness (QED) is 0.597. The third kappa shape index (κ3) is 4.58. The van der Waals surface area contributed by atoms with Crippen LogP contribution < -0.4 is 4.90 Å². The molecule has 1 saturated heterocycles. The third-order valence-corrected chi connectivity index (χ3v) is 9.37. The lowest BCUT2D eigenvalue weighted by molar-refractivity contribution is -0.134. The van der Waals surface area contributed by atoms with Crippen molar-refractivity contribution >= 4 is 17.5 Å². The van der Waals surface area contributed by atoms with Crippen LogP contribution in [-0.4, -0.2) is 46.8 Å². The summed E-state index contributed by atoms with van der Waals surface area (Å²) in [7, 11) is 0. The fourth-order valence-corrected chi connectivity index (χ4v) is 7.47. The molecular weight excluding hydrogens is 446 g/mol. The average Bonchev–Trinajstić information content (AvgIpc) is 3.52. The highest BCUT2D eigenvalue weighted by Gasteiger charge is 2.56. The van der Waals surface area contributed by atoms with Crippen LogP contribution in [0.25, 0.3) is 0 Å². The molecule has 5 heteroatoms. The molecule has 4 aliphatic rings. The van der Waals surface area contributed by atoms with Crippen LogP contribution in [-0.2, 0) is 22.7 Å². The predicted octanol–water partition coefficient (Wildman–Crippen LogP) is 5.24. The highest BCUT2D eigenvalue weighted by molar-refractivity contribution is 5.92. The van der Waals surface area contributed by atoms with Crippen LogP contribution in [0.15, 0.2) is 54.6 Å². The molecule has 2 aliphatic carbocycles. The van der Waals surface area contributed by atoms with Crippen molar-refractivity contribution in [3.05, 3.63) is 65.7 Å². The van der Waals surface area contributed by atoms with Gasteiger partial charge in [-0.05, 0) is 61.1 Å². The second-order valence-electron chi connectivity index (χ2n) is 11.5. The number of carbonyl (C=O) groups excluding carboxylic acids is 2. The molecule has 190 valence electrons. The number of carbonyl (C=O) groups is 2. The second kappa shape index (κ2) is 10.0. The summed E-state index contributed by atoms with van der Waals surface area (Å²) in [6.45, 7) is 4.67. The van der Waals surface area contributed by atoms with E-state index < -0.39 is 0 Å². The van der Waals surface area contributed by atoms with E-state index in [0.717, 1.165) is 50.1 Å². The summed E-state index contributed by atoms with van der Waals surface area (Å²) in [4.78, 5) is 33.7. The van der Waals surface area contributed by atoms with Crippen molar-refractivity contribution in [1.82, 2.24) is 9.80 Å². The zero-order chi connectivity index (χ0) is 24.6. The Bertz CT molecular complexity index is 1090. The third-order valence-electron chi connectivity index (χ3n) is 9.37. The number of rotatable bonds is 3. The standard InChI is InChI=1S/C31H39N3O2/c1-22(35)33-18-17-25-15-16-26(34(25)19-23-9-3-2-4-10-23)21-32(20-24-11-5-8-14-29(24)33)31(36)30-27-12-6-7-13-28(27)30/h2-5,8-11,14,25-28,30H,6-7,12-13,15-21H2,1H3/t25-,26+,27?,28?,30?/m0/s1. The number of hydrogen-bond acceptors (Lipinski definition) is 3. The van der Waals surface area contributed by atoms with Gasteiger partial charge in [-0.3, -0.25) is 14.5 Å². The van der Waals surface area contributed by atoms with Crippen LogP contribution in [0.2, 0.25) is 0 Å². The molecule has 2 heterocycles. The average molecular weight is 486 g/mol. The first-order chi connectivity index (χ1) is 17.6. The Kier molecular flexibility index (Phi) is 6.59. The molecule has 2 aromatic carbocycles. The molecular formula is C31H39N3O2. The van der Waals surface area contributed by atoms with E-state index in [1.165, 1.54) is 31.2 Å². The van der Waals surface area contributed by atoms with Crippen LogP contribution in [0.5, 0.6) is 0 Å². The molecule has 0 radical (unpaired) electrons. The number of nitrogens with zero attached hydrogens (tertiary/aromatic N) is 3. The summed E-state index contributed by atoms with van der Waals surface area (Å²) < 4.78 is 0. The summed E-state index contributed by atoms with van der Waals surface area (Å²) in [6.07, 6.45) is 8.18. The van der Waals surface area contributed by atoms with Crippen LogP contribution in [0.3, 0.4) is 0 Å². The zero-order valence-electron chi connectivity index (χ0n) is 21.5. The molecule has 0 aromatic heterocycles. The van der Waals surface area contributed by atoms with Gasteiger partial charge in [-0.15, -0.1) is 0 Å². The second-order valence-corrected chi connectivity index (χ2v) is 11.5. The maximum Gasteiger partial charge on any atom is 0.226 e.